The summed E-state index contributed by atoms with van der Waals surface area (Å²) in [6.07, 6.45) is 1.75. The van der Waals surface area contributed by atoms with E-state index >= 15 is 0 Å². The van der Waals surface area contributed by atoms with Gasteiger partial charge in [-0.3, -0.25) is 0 Å². The van der Waals surface area contributed by atoms with Crippen molar-refractivity contribution in [3.63, 3.8) is 0 Å². The lowest BCUT2D eigenvalue weighted by Crippen LogP contribution is -2.40. The van der Waals surface area contributed by atoms with Crippen LogP contribution in [0.4, 0.5) is 0 Å². The third-order valence-corrected chi connectivity index (χ3v) is 3.75. The van der Waals surface area contributed by atoms with Crippen LogP contribution in [0.1, 0.15) is 0 Å². The first-order valence-corrected chi connectivity index (χ1v) is 5.35. The van der Waals surface area contributed by atoms with Gasteiger partial charge in [0, 0.05) is 14.2 Å². The molecule has 0 unspecified atom stereocenters. The molecule has 11 heavy (non-hydrogen) atoms. The van der Waals surface area contributed by atoms with E-state index in [-0.39, 0.29) is 11.0 Å². The van der Waals surface area contributed by atoms with Gasteiger partial charge in [0.1, 0.15) is 0 Å². The molecule has 0 aromatic rings. The zero-order valence-electron chi connectivity index (χ0n) is 6.38. The normalized spacial score (nSPS) is 9.73. The average molecular weight is 193 g/mol. The molecule has 0 aromatic heterocycles. The van der Waals surface area contributed by atoms with Crippen molar-refractivity contribution in [3.8, 4) is 0 Å². The van der Waals surface area contributed by atoms with Gasteiger partial charge in [-0.05, 0) is 17.5 Å². The number of hydrogen-bond donors (Lipinski definition) is 0. The van der Waals surface area contributed by atoms with E-state index in [1.165, 1.54) is 6.08 Å². The van der Waals surface area contributed by atoms with Crippen LogP contribution in [0.5, 0.6) is 0 Å². The minimum Gasteiger partial charge on any atom is -0.397 e. The molecule has 0 bridgehead atoms. The van der Waals surface area contributed by atoms with E-state index in [1.807, 2.05) is 6.55 Å². The standard InChI is InChI=1S/C5H11NO3Si.H4Si/c1-8-10(3,9-2)5-6-4-7;/h5H2,1-3H3;1H4. The fraction of sp³-hybridized carbons (Fsp3) is 0.800. The molecule has 0 aromatic carbocycles. The van der Waals surface area contributed by atoms with Crippen LogP contribution in [0.3, 0.4) is 0 Å². The molecule has 0 saturated carbocycles. The molecule has 0 aliphatic rings. The molecular weight excluding hydrogens is 178 g/mol. The molecule has 0 amide bonds. The third kappa shape index (κ3) is 5.05. The number of nitrogens with zero attached hydrogens (tertiary/aromatic N) is 1. The summed E-state index contributed by atoms with van der Waals surface area (Å²) < 4.78 is 10.1. The Bertz CT molecular complexity index is 143. The molecule has 0 fully saturated rings. The van der Waals surface area contributed by atoms with E-state index in [2.05, 4.69) is 4.99 Å². The van der Waals surface area contributed by atoms with Crippen molar-refractivity contribution in [3.05, 3.63) is 0 Å². The second kappa shape index (κ2) is 6.44. The smallest absolute Gasteiger partial charge is 0.357 e. The Morgan fingerprint density at radius 3 is 2.18 bits per heavy atom. The van der Waals surface area contributed by atoms with Crippen molar-refractivity contribution < 1.29 is 13.6 Å². The Morgan fingerprint density at radius 2 is 1.91 bits per heavy atom. The van der Waals surface area contributed by atoms with Gasteiger partial charge in [-0.1, -0.05) is 0 Å². The maximum atomic E-state index is 9.70. The van der Waals surface area contributed by atoms with E-state index in [0.29, 0.717) is 6.17 Å². The minimum atomic E-state index is -2.15. The molecule has 0 saturated heterocycles. The highest BCUT2D eigenvalue weighted by molar-refractivity contribution is 6.66. The zero-order valence-corrected chi connectivity index (χ0v) is 7.38. The van der Waals surface area contributed by atoms with Crippen LogP contribution < -0.4 is 0 Å². The second-order valence-corrected chi connectivity index (χ2v) is 5.35. The third-order valence-electron chi connectivity index (χ3n) is 1.29. The number of carbonyl (C=O) groups excluding carboxylic acids is 1. The van der Waals surface area contributed by atoms with Crippen LogP contribution >= 0.6 is 0 Å². The van der Waals surface area contributed by atoms with Gasteiger partial charge in [0.05, 0.1) is 6.17 Å². The van der Waals surface area contributed by atoms with Gasteiger partial charge in [0.15, 0.2) is 0 Å². The lowest BCUT2D eigenvalue weighted by Gasteiger charge is -2.18. The average Bonchev–Trinajstić information content (AvgIpc) is 2.00. The first-order chi connectivity index (χ1) is 4.68. The first kappa shape index (κ1) is 13.3. The van der Waals surface area contributed by atoms with Crippen molar-refractivity contribution in [1.82, 2.24) is 0 Å². The van der Waals surface area contributed by atoms with Crippen LogP contribution in [0, 0.1) is 0 Å². The monoisotopic (exact) mass is 193 g/mol. The Hall–Kier alpha value is -0.266. The van der Waals surface area contributed by atoms with Crippen LogP contribution in [-0.4, -0.2) is 46.0 Å². The fourth-order valence-corrected chi connectivity index (χ4v) is 1.16. The molecule has 0 aliphatic carbocycles. The molecule has 0 spiro atoms. The predicted octanol–water partition coefficient (Wildman–Crippen LogP) is -1.23. The Labute approximate surface area is 71.9 Å². The summed E-state index contributed by atoms with van der Waals surface area (Å²) in [4.78, 5) is 13.1. The van der Waals surface area contributed by atoms with Gasteiger partial charge in [0.2, 0.25) is 6.08 Å². The molecule has 0 atom stereocenters. The summed E-state index contributed by atoms with van der Waals surface area (Å²) in [6, 6.07) is 0. The van der Waals surface area contributed by atoms with Crippen LogP contribution in [0.15, 0.2) is 4.99 Å². The van der Waals surface area contributed by atoms with Gasteiger partial charge < -0.3 is 8.85 Å². The largest absolute Gasteiger partial charge is 0.397 e. The summed E-state index contributed by atoms with van der Waals surface area (Å²) in [7, 11) is 0.956. The van der Waals surface area contributed by atoms with Crippen molar-refractivity contribution >= 4 is 25.6 Å². The molecule has 0 radical (unpaired) electrons. The Balaban J connectivity index is 0. The molecule has 0 heterocycles. The van der Waals surface area contributed by atoms with E-state index in [9.17, 15) is 4.79 Å². The van der Waals surface area contributed by atoms with Crippen molar-refractivity contribution in [1.29, 1.82) is 0 Å². The van der Waals surface area contributed by atoms with Gasteiger partial charge in [-0.25, -0.2) is 9.79 Å². The van der Waals surface area contributed by atoms with Crippen LogP contribution in [0.2, 0.25) is 6.55 Å². The Kier molecular flexibility index (Phi) is 7.81. The minimum absolute atomic E-state index is 0. The summed E-state index contributed by atoms with van der Waals surface area (Å²) in [5.74, 6) is 0. The van der Waals surface area contributed by atoms with Crippen LogP contribution in [-0.2, 0) is 13.6 Å². The van der Waals surface area contributed by atoms with Gasteiger partial charge in [-0.15, -0.1) is 0 Å². The highest BCUT2D eigenvalue weighted by atomic mass is 28.4. The Morgan fingerprint density at radius 1 is 1.45 bits per heavy atom. The molecular formula is C5H15NO3Si2. The van der Waals surface area contributed by atoms with Crippen molar-refractivity contribution in [2.24, 2.45) is 4.99 Å². The lowest BCUT2D eigenvalue weighted by molar-refractivity contribution is 0.251. The maximum Gasteiger partial charge on any atom is 0.357 e. The zero-order chi connectivity index (χ0) is 8.04. The molecule has 0 rings (SSSR count). The summed E-state index contributed by atoms with van der Waals surface area (Å²) in [6.45, 7) is 1.83. The molecule has 6 heteroatoms. The molecule has 0 aliphatic heterocycles. The molecule has 4 nitrogen and oxygen atoms in total. The van der Waals surface area contributed by atoms with Crippen molar-refractivity contribution in [2.45, 2.75) is 6.55 Å². The molecule has 0 N–H and O–H groups in total. The highest BCUT2D eigenvalue weighted by Crippen LogP contribution is 2.02. The SMILES string of the molecule is CO[Si](C)(CN=C=O)OC.[SiH4]. The number of rotatable bonds is 4. The molecule has 66 valence electrons. The predicted molar refractivity (Wildman–Crippen MR) is 50.0 cm³/mol. The quantitative estimate of drug-likeness (QED) is 0.319. The van der Waals surface area contributed by atoms with Crippen molar-refractivity contribution in [2.75, 3.05) is 20.4 Å². The van der Waals surface area contributed by atoms with E-state index < -0.39 is 8.56 Å². The summed E-state index contributed by atoms with van der Waals surface area (Å²) in [5, 5.41) is 0. The summed E-state index contributed by atoms with van der Waals surface area (Å²) >= 11 is 0. The van der Waals surface area contributed by atoms with Gasteiger partial charge in [0.25, 0.3) is 0 Å². The van der Waals surface area contributed by atoms with Crippen LogP contribution in [0.25, 0.3) is 0 Å². The topological polar surface area (TPSA) is 47.9 Å². The fourth-order valence-electron chi connectivity index (χ4n) is 0.388. The maximum absolute atomic E-state index is 9.70. The highest BCUT2D eigenvalue weighted by Gasteiger charge is 2.28. The van der Waals surface area contributed by atoms with Gasteiger partial charge in [-0.2, -0.15) is 0 Å². The van der Waals surface area contributed by atoms with E-state index in [0.717, 1.165) is 0 Å². The van der Waals surface area contributed by atoms with Gasteiger partial charge >= 0.3 is 8.56 Å². The number of aliphatic imine (C=N–C) groups is 1. The lowest BCUT2D eigenvalue weighted by atomic mass is 11.4. The summed E-state index contributed by atoms with van der Waals surface area (Å²) in [5.41, 5.74) is 0. The number of hydrogen-bond acceptors (Lipinski definition) is 4. The van der Waals surface area contributed by atoms with E-state index in [4.69, 9.17) is 8.85 Å². The number of isocyanates is 1. The second-order valence-electron chi connectivity index (χ2n) is 1.95. The first-order valence-electron chi connectivity index (χ1n) is 2.82. The van der Waals surface area contributed by atoms with E-state index in [1.54, 1.807) is 14.2 Å².